The first-order valence-corrected chi connectivity index (χ1v) is 15.7. The average molecular weight is 898 g/mol. The summed E-state index contributed by atoms with van der Waals surface area (Å²) in [6.07, 6.45) is 1.60. The first-order chi connectivity index (χ1) is 18.0. The van der Waals surface area contributed by atoms with Crippen molar-refractivity contribution in [3.8, 4) is 17.2 Å². The minimum Gasteiger partial charge on any atom is -0.506 e. The summed E-state index contributed by atoms with van der Waals surface area (Å²) in [7, 11) is 0. The zero-order valence-electron chi connectivity index (χ0n) is 19.3. The van der Waals surface area contributed by atoms with Gasteiger partial charge < -0.3 is 20.2 Å². The lowest BCUT2D eigenvalue weighted by Crippen LogP contribution is -2.22. The fourth-order valence-electron chi connectivity index (χ4n) is 3.78. The molecule has 0 spiro atoms. The van der Waals surface area contributed by atoms with E-state index >= 15 is 0 Å². The summed E-state index contributed by atoms with van der Waals surface area (Å²) >= 11 is 20.7. The fraction of sp³-hybridized carbons (Fsp3) is 0.0741. The Hall–Kier alpha value is -1.37. The monoisotopic (exact) mass is 892 g/mol. The van der Waals surface area contributed by atoms with Gasteiger partial charge in [0.05, 0.1) is 24.8 Å². The number of hydrogen-bond acceptors (Lipinski definition) is 5. The summed E-state index contributed by atoms with van der Waals surface area (Å²) < 4.78 is 4.10. The largest absolute Gasteiger partial charge is 0.506 e. The molecule has 38 heavy (non-hydrogen) atoms. The first kappa shape index (κ1) is 29.6. The third-order valence-corrected chi connectivity index (χ3v) is 8.75. The van der Waals surface area contributed by atoms with Gasteiger partial charge in [0, 0.05) is 49.4 Å². The molecule has 0 aliphatic carbocycles. The summed E-state index contributed by atoms with van der Waals surface area (Å²) in [5.41, 5.74) is 3.29. The number of benzene rings is 4. The summed E-state index contributed by atoms with van der Waals surface area (Å²) in [5, 5.41) is 32.1. The third kappa shape index (κ3) is 7.03. The Bertz CT molecular complexity index is 1480. The van der Waals surface area contributed by atoms with Crippen LogP contribution in [0.15, 0.2) is 92.5 Å². The van der Waals surface area contributed by atoms with Gasteiger partial charge in [-0.25, -0.2) is 0 Å². The number of phenols is 3. The molecule has 196 valence electrons. The maximum Gasteiger partial charge on any atom is 0.138 e. The molecule has 0 unspecified atom stereocenters. The SMILES string of the molecule is Oc1c(Br)cc(Br)cc1C=Nc1ccccc1N(Cc1cc(Br)cc(Br)c1O)Cc1cc(Br)cc(Br)c1O. The van der Waals surface area contributed by atoms with Crippen molar-refractivity contribution in [2.24, 2.45) is 4.99 Å². The minimum absolute atomic E-state index is 0.0825. The van der Waals surface area contributed by atoms with Gasteiger partial charge >= 0.3 is 0 Å². The van der Waals surface area contributed by atoms with Crippen molar-refractivity contribution in [1.29, 1.82) is 0 Å². The lowest BCUT2D eigenvalue weighted by atomic mass is 10.1. The van der Waals surface area contributed by atoms with Crippen LogP contribution in [0.5, 0.6) is 17.2 Å². The van der Waals surface area contributed by atoms with Gasteiger partial charge in [0.2, 0.25) is 0 Å². The molecule has 0 heterocycles. The molecule has 0 aliphatic rings. The van der Waals surface area contributed by atoms with Crippen LogP contribution in [0.1, 0.15) is 16.7 Å². The van der Waals surface area contributed by atoms with Gasteiger partial charge in [-0.05, 0) is 96.3 Å². The van der Waals surface area contributed by atoms with Crippen LogP contribution in [0.4, 0.5) is 11.4 Å². The lowest BCUT2D eigenvalue weighted by Gasteiger charge is -2.27. The van der Waals surface area contributed by atoms with E-state index in [0.717, 1.165) is 19.1 Å². The Morgan fingerprint density at radius 3 is 1.66 bits per heavy atom. The number of aromatic hydroxyl groups is 3. The molecule has 4 aromatic rings. The summed E-state index contributed by atoms with van der Waals surface area (Å²) in [6, 6.07) is 18.4. The molecular weight excluding hydrogens is 880 g/mol. The second kappa shape index (κ2) is 12.9. The van der Waals surface area contributed by atoms with E-state index in [9.17, 15) is 15.3 Å². The van der Waals surface area contributed by atoms with Crippen LogP contribution in [0.2, 0.25) is 0 Å². The topological polar surface area (TPSA) is 76.3 Å². The molecule has 0 amide bonds. The van der Waals surface area contributed by atoms with Crippen LogP contribution in [0.3, 0.4) is 0 Å². The number of rotatable bonds is 7. The quantitative estimate of drug-likeness (QED) is 0.162. The van der Waals surface area contributed by atoms with E-state index in [1.54, 1.807) is 30.5 Å². The van der Waals surface area contributed by atoms with Gasteiger partial charge in [0.1, 0.15) is 17.2 Å². The number of para-hydroxylation sites is 2. The van der Waals surface area contributed by atoms with E-state index < -0.39 is 0 Å². The van der Waals surface area contributed by atoms with Crippen molar-refractivity contribution < 1.29 is 15.3 Å². The zero-order chi connectivity index (χ0) is 27.6. The fourth-order valence-corrected chi connectivity index (χ4v) is 7.67. The summed E-state index contributed by atoms with van der Waals surface area (Å²) in [6.45, 7) is 0.626. The third-order valence-electron chi connectivity index (χ3n) is 5.56. The van der Waals surface area contributed by atoms with Crippen LogP contribution in [-0.2, 0) is 13.1 Å². The number of nitrogens with zero attached hydrogens (tertiary/aromatic N) is 2. The van der Waals surface area contributed by atoms with Gasteiger partial charge in [0.15, 0.2) is 0 Å². The van der Waals surface area contributed by atoms with E-state index in [1.807, 2.05) is 41.3 Å². The van der Waals surface area contributed by atoms with Crippen molar-refractivity contribution in [2.75, 3.05) is 4.90 Å². The first-order valence-electron chi connectivity index (χ1n) is 10.9. The van der Waals surface area contributed by atoms with Gasteiger partial charge in [-0.2, -0.15) is 0 Å². The highest BCUT2D eigenvalue weighted by atomic mass is 79.9. The molecule has 0 radical (unpaired) electrons. The average Bonchev–Trinajstić information content (AvgIpc) is 2.86. The predicted octanol–water partition coefficient (Wildman–Crippen LogP) is 10.3. The molecule has 0 aliphatic heterocycles. The smallest absolute Gasteiger partial charge is 0.138 e. The van der Waals surface area contributed by atoms with E-state index in [0.29, 0.717) is 48.9 Å². The molecule has 4 aromatic carbocycles. The number of anilines is 1. The summed E-state index contributed by atoms with van der Waals surface area (Å²) in [5.74, 6) is 0.338. The van der Waals surface area contributed by atoms with Crippen LogP contribution in [-0.4, -0.2) is 21.5 Å². The highest BCUT2D eigenvalue weighted by Crippen LogP contribution is 2.39. The van der Waals surface area contributed by atoms with Gasteiger partial charge in [-0.1, -0.05) is 59.9 Å². The van der Waals surface area contributed by atoms with Crippen molar-refractivity contribution in [3.05, 3.63) is 104 Å². The Morgan fingerprint density at radius 2 is 1.11 bits per heavy atom. The van der Waals surface area contributed by atoms with E-state index in [2.05, 4.69) is 95.6 Å². The Balaban J connectivity index is 1.81. The Morgan fingerprint density at radius 1 is 0.632 bits per heavy atom. The standard InChI is InChI=1S/C27H18Br6N2O3/c28-17-5-14(25(36)20(31)8-17)11-34-23-3-1-2-4-24(23)35(12-15-6-18(29)9-21(32)26(15)37)13-16-7-19(30)10-22(33)27(16)38/h1-11,36-38H,12-13H2. The number of phenolic OH excluding ortho intramolecular Hbond substituents is 3. The Labute approximate surface area is 270 Å². The van der Waals surface area contributed by atoms with E-state index in [1.165, 1.54) is 0 Å². The lowest BCUT2D eigenvalue weighted by molar-refractivity contribution is 0.460. The maximum absolute atomic E-state index is 10.8. The van der Waals surface area contributed by atoms with E-state index in [4.69, 9.17) is 4.99 Å². The van der Waals surface area contributed by atoms with Gasteiger partial charge in [-0.15, -0.1) is 0 Å². The molecule has 0 saturated carbocycles. The molecule has 3 N–H and O–H groups in total. The van der Waals surface area contributed by atoms with Crippen LogP contribution in [0.25, 0.3) is 0 Å². The highest BCUT2D eigenvalue weighted by Gasteiger charge is 2.19. The molecule has 0 bridgehead atoms. The molecule has 0 atom stereocenters. The van der Waals surface area contributed by atoms with Crippen LogP contribution in [0, 0.1) is 0 Å². The highest BCUT2D eigenvalue weighted by molar-refractivity contribution is 9.11. The maximum atomic E-state index is 10.8. The van der Waals surface area contributed by atoms with Crippen molar-refractivity contribution in [2.45, 2.75) is 13.1 Å². The van der Waals surface area contributed by atoms with Gasteiger partial charge in [-0.3, -0.25) is 4.99 Å². The molecule has 11 heteroatoms. The van der Waals surface area contributed by atoms with E-state index in [-0.39, 0.29) is 17.2 Å². The van der Waals surface area contributed by atoms with Crippen LogP contribution < -0.4 is 4.90 Å². The molecule has 0 saturated heterocycles. The second-order valence-corrected chi connectivity index (χ2v) is 13.5. The predicted molar refractivity (Wildman–Crippen MR) is 174 cm³/mol. The molecule has 4 rings (SSSR count). The number of aliphatic imine (C=N–C) groups is 1. The molecular formula is C27H18Br6N2O3. The molecule has 0 fully saturated rings. The zero-order valence-corrected chi connectivity index (χ0v) is 28.8. The van der Waals surface area contributed by atoms with Crippen molar-refractivity contribution >= 4 is 113 Å². The Kier molecular flexibility index (Phi) is 10.0. The van der Waals surface area contributed by atoms with Gasteiger partial charge in [0.25, 0.3) is 0 Å². The number of hydrogen-bond donors (Lipinski definition) is 3. The minimum atomic E-state index is 0.0825. The second-order valence-electron chi connectivity index (χ2n) is 8.22. The van der Waals surface area contributed by atoms with Crippen molar-refractivity contribution in [1.82, 2.24) is 0 Å². The molecule has 0 aromatic heterocycles. The van der Waals surface area contributed by atoms with Crippen molar-refractivity contribution in [3.63, 3.8) is 0 Å². The normalized spacial score (nSPS) is 11.3. The molecule has 5 nitrogen and oxygen atoms in total. The van der Waals surface area contributed by atoms with Crippen LogP contribution >= 0.6 is 95.6 Å². The number of halogens is 6. The summed E-state index contributed by atoms with van der Waals surface area (Å²) in [4.78, 5) is 6.73.